The van der Waals surface area contributed by atoms with Crippen LogP contribution in [0.4, 0.5) is 0 Å². The van der Waals surface area contributed by atoms with Gasteiger partial charge in [-0.3, -0.25) is 0 Å². The predicted molar refractivity (Wildman–Crippen MR) is 59.5 cm³/mol. The minimum atomic E-state index is 0.0782. The molecule has 0 bridgehead atoms. The van der Waals surface area contributed by atoms with E-state index < -0.39 is 0 Å². The van der Waals surface area contributed by atoms with Crippen LogP contribution in [-0.2, 0) is 9.47 Å². The Balaban J connectivity index is 1.71. The third-order valence-corrected chi connectivity index (χ3v) is 3.15. The summed E-state index contributed by atoms with van der Waals surface area (Å²) in [6.07, 6.45) is 9.29. The fourth-order valence-electron chi connectivity index (χ4n) is 2.21. The molecule has 0 aromatic carbocycles. The van der Waals surface area contributed by atoms with E-state index in [2.05, 4.69) is 6.08 Å². The smallest absolute Gasteiger partial charge is 0.109 e. The van der Waals surface area contributed by atoms with E-state index in [4.69, 9.17) is 15.2 Å². The van der Waals surface area contributed by atoms with Gasteiger partial charge in [0.05, 0.1) is 18.8 Å². The molecule has 86 valence electrons. The van der Waals surface area contributed by atoms with E-state index >= 15 is 0 Å². The molecule has 1 fully saturated rings. The van der Waals surface area contributed by atoms with Crippen LogP contribution in [0.3, 0.4) is 0 Å². The lowest BCUT2D eigenvalue weighted by molar-refractivity contribution is 0.0980. The first kappa shape index (κ1) is 11.0. The molecule has 0 amide bonds. The normalized spacial score (nSPS) is 28.3. The summed E-state index contributed by atoms with van der Waals surface area (Å²) in [5.41, 5.74) is 6.08. The van der Waals surface area contributed by atoms with Gasteiger partial charge in [0.2, 0.25) is 0 Å². The number of allylic oxidation sites excluding steroid dienone is 1. The molecule has 3 heteroatoms. The van der Waals surface area contributed by atoms with Crippen LogP contribution in [-0.4, -0.2) is 25.4 Å². The highest BCUT2D eigenvalue weighted by atomic mass is 16.5. The van der Waals surface area contributed by atoms with Crippen molar-refractivity contribution in [2.45, 2.75) is 50.7 Å². The second-order valence-electron chi connectivity index (χ2n) is 4.42. The molecule has 2 unspecified atom stereocenters. The molecular formula is C12H21NO2. The van der Waals surface area contributed by atoms with Crippen molar-refractivity contribution >= 4 is 0 Å². The zero-order valence-corrected chi connectivity index (χ0v) is 9.28. The number of ether oxygens (including phenoxy) is 2. The monoisotopic (exact) mass is 211 g/mol. The van der Waals surface area contributed by atoms with Crippen molar-refractivity contribution in [3.63, 3.8) is 0 Å². The van der Waals surface area contributed by atoms with Crippen molar-refractivity contribution in [1.29, 1.82) is 0 Å². The molecule has 0 radical (unpaired) electrons. The molecule has 3 nitrogen and oxygen atoms in total. The number of rotatable bonds is 4. The van der Waals surface area contributed by atoms with Crippen molar-refractivity contribution in [2.24, 2.45) is 5.73 Å². The van der Waals surface area contributed by atoms with Crippen LogP contribution < -0.4 is 5.73 Å². The first-order valence-electron chi connectivity index (χ1n) is 6.06. The molecule has 2 aliphatic rings. The SMILES string of the molecule is NC(CCC1CCCO1)C1=CCCCO1. The maximum Gasteiger partial charge on any atom is 0.109 e. The van der Waals surface area contributed by atoms with Gasteiger partial charge >= 0.3 is 0 Å². The van der Waals surface area contributed by atoms with Gasteiger partial charge in [0.25, 0.3) is 0 Å². The van der Waals surface area contributed by atoms with Gasteiger partial charge in [-0.25, -0.2) is 0 Å². The number of nitrogens with two attached hydrogens (primary N) is 1. The van der Waals surface area contributed by atoms with Crippen molar-refractivity contribution in [2.75, 3.05) is 13.2 Å². The summed E-state index contributed by atoms with van der Waals surface area (Å²) < 4.78 is 11.1. The molecule has 2 heterocycles. The van der Waals surface area contributed by atoms with Crippen molar-refractivity contribution < 1.29 is 9.47 Å². The minimum Gasteiger partial charge on any atom is -0.497 e. The Morgan fingerprint density at radius 1 is 1.40 bits per heavy atom. The maximum absolute atomic E-state index is 6.08. The summed E-state index contributed by atoms with van der Waals surface area (Å²) in [7, 11) is 0. The minimum absolute atomic E-state index is 0.0782. The molecule has 2 aliphatic heterocycles. The van der Waals surface area contributed by atoms with E-state index in [0.29, 0.717) is 6.10 Å². The van der Waals surface area contributed by atoms with Crippen LogP contribution in [0, 0.1) is 0 Å². The van der Waals surface area contributed by atoms with Crippen molar-refractivity contribution in [3.05, 3.63) is 11.8 Å². The predicted octanol–water partition coefficient (Wildman–Crippen LogP) is 1.97. The summed E-state index contributed by atoms with van der Waals surface area (Å²) in [4.78, 5) is 0. The second-order valence-corrected chi connectivity index (χ2v) is 4.42. The Hall–Kier alpha value is -0.540. The lowest BCUT2D eigenvalue weighted by Crippen LogP contribution is -2.27. The highest BCUT2D eigenvalue weighted by molar-refractivity contribution is 5.04. The molecule has 15 heavy (non-hydrogen) atoms. The zero-order valence-electron chi connectivity index (χ0n) is 9.28. The molecule has 1 saturated heterocycles. The molecule has 0 aromatic heterocycles. The molecular weight excluding hydrogens is 190 g/mol. The van der Waals surface area contributed by atoms with Gasteiger partial charge in [0.1, 0.15) is 5.76 Å². The van der Waals surface area contributed by atoms with Gasteiger partial charge in [0.15, 0.2) is 0 Å². The molecule has 2 rings (SSSR count). The van der Waals surface area contributed by atoms with Crippen LogP contribution in [0.15, 0.2) is 11.8 Å². The van der Waals surface area contributed by atoms with Gasteiger partial charge in [-0.1, -0.05) is 0 Å². The Labute approximate surface area is 91.6 Å². The molecule has 2 N–H and O–H groups in total. The molecule has 0 saturated carbocycles. The third kappa shape index (κ3) is 3.21. The van der Waals surface area contributed by atoms with E-state index in [-0.39, 0.29) is 6.04 Å². The average molecular weight is 211 g/mol. The van der Waals surface area contributed by atoms with Crippen LogP contribution >= 0.6 is 0 Å². The zero-order chi connectivity index (χ0) is 10.5. The highest BCUT2D eigenvalue weighted by Gasteiger charge is 2.19. The lowest BCUT2D eigenvalue weighted by Gasteiger charge is -2.21. The third-order valence-electron chi connectivity index (χ3n) is 3.15. The standard InChI is InChI=1S/C12H21NO2/c13-11(12-5-1-2-8-15-12)7-6-10-4-3-9-14-10/h5,10-11H,1-4,6-9,13H2. The Morgan fingerprint density at radius 2 is 2.33 bits per heavy atom. The highest BCUT2D eigenvalue weighted by Crippen LogP contribution is 2.20. The summed E-state index contributed by atoms with van der Waals surface area (Å²) in [6.45, 7) is 1.76. The quantitative estimate of drug-likeness (QED) is 0.773. The Kier molecular flexibility index (Phi) is 4.03. The second kappa shape index (κ2) is 5.52. The lowest BCUT2D eigenvalue weighted by atomic mass is 10.0. The van der Waals surface area contributed by atoms with Crippen molar-refractivity contribution in [1.82, 2.24) is 0 Å². The Morgan fingerprint density at radius 3 is 3.00 bits per heavy atom. The van der Waals surface area contributed by atoms with Gasteiger partial charge in [-0.05, 0) is 44.6 Å². The fourth-order valence-corrected chi connectivity index (χ4v) is 2.21. The van der Waals surface area contributed by atoms with Gasteiger partial charge in [-0.15, -0.1) is 0 Å². The van der Waals surface area contributed by atoms with Gasteiger partial charge in [-0.2, -0.15) is 0 Å². The van der Waals surface area contributed by atoms with Gasteiger partial charge in [0, 0.05) is 6.61 Å². The Bertz CT molecular complexity index is 222. The summed E-state index contributed by atoms with van der Waals surface area (Å²) >= 11 is 0. The van der Waals surface area contributed by atoms with E-state index in [0.717, 1.165) is 44.7 Å². The van der Waals surface area contributed by atoms with E-state index in [9.17, 15) is 0 Å². The summed E-state index contributed by atoms with van der Waals surface area (Å²) in [5.74, 6) is 0.999. The number of hydrogen-bond acceptors (Lipinski definition) is 3. The summed E-state index contributed by atoms with van der Waals surface area (Å²) in [6, 6.07) is 0.0782. The molecule has 0 aromatic rings. The van der Waals surface area contributed by atoms with Crippen LogP contribution in [0.5, 0.6) is 0 Å². The van der Waals surface area contributed by atoms with Crippen LogP contribution in [0.25, 0.3) is 0 Å². The van der Waals surface area contributed by atoms with Gasteiger partial charge < -0.3 is 15.2 Å². The first-order chi connectivity index (χ1) is 7.36. The largest absolute Gasteiger partial charge is 0.497 e. The first-order valence-corrected chi connectivity index (χ1v) is 6.06. The van der Waals surface area contributed by atoms with E-state index in [1.807, 2.05) is 0 Å². The average Bonchev–Trinajstić information content (AvgIpc) is 2.80. The van der Waals surface area contributed by atoms with Crippen LogP contribution in [0.1, 0.15) is 38.5 Å². The van der Waals surface area contributed by atoms with E-state index in [1.165, 1.54) is 12.8 Å². The molecule has 2 atom stereocenters. The molecule has 0 spiro atoms. The fraction of sp³-hybridized carbons (Fsp3) is 0.833. The summed E-state index contributed by atoms with van der Waals surface area (Å²) in [5, 5.41) is 0. The van der Waals surface area contributed by atoms with E-state index in [1.54, 1.807) is 0 Å². The van der Waals surface area contributed by atoms with Crippen molar-refractivity contribution in [3.8, 4) is 0 Å². The molecule has 0 aliphatic carbocycles. The number of hydrogen-bond donors (Lipinski definition) is 1. The topological polar surface area (TPSA) is 44.5 Å². The maximum atomic E-state index is 6.08. The van der Waals surface area contributed by atoms with Crippen LogP contribution in [0.2, 0.25) is 0 Å².